The molecule has 2 aliphatic rings. The highest BCUT2D eigenvalue weighted by atomic mass is 16.5. The number of carboxylic acid groups (broad SMARTS) is 1. The van der Waals surface area contributed by atoms with Crippen molar-refractivity contribution in [1.82, 2.24) is 14.7 Å². The number of aromatic nitrogens is 2. The third kappa shape index (κ3) is 3.83. The second-order valence-corrected chi connectivity index (χ2v) is 6.04. The van der Waals surface area contributed by atoms with E-state index in [4.69, 9.17) is 9.84 Å². The van der Waals surface area contributed by atoms with Crippen molar-refractivity contribution < 1.29 is 14.6 Å². The van der Waals surface area contributed by atoms with Gasteiger partial charge >= 0.3 is 5.97 Å². The Hall–Kier alpha value is -1.40. The van der Waals surface area contributed by atoms with Crippen molar-refractivity contribution >= 4 is 5.97 Å². The molecule has 0 saturated carbocycles. The number of fused-ring (bicyclic) bond motifs is 1. The Balaban J connectivity index is 1.51. The molecule has 6 nitrogen and oxygen atoms in total. The summed E-state index contributed by atoms with van der Waals surface area (Å²) in [4.78, 5) is 13.1. The Labute approximate surface area is 124 Å². The normalized spacial score (nSPS) is 22.4. The van der Waals surface area contributed by atoms with Crippen LogP contribution in [-0.4, -0.2) is 52.1 Å². The van der Waals surface area contributed by atoms with Crippen LogP contribution in [-0.2, 0) is 29.0 Å². The van der Waals surface area contributed by atoms with Crippen molar-refractivity contribution in [3.63, 3.8) is 0 Å². The number of aliphatic carboxylic acids is 1. The maximum atomic E-state index is 10.6. The van der Waals surface area contributed by atoms with E-state index in [-0.39, 0.29) is 6.42 Å². The first-order chi connectivity index (χ1) is 10.2. The summed E-state index contributed by atoms with van der Waals surface area (Å²) in [5, 5.41) is 13.2. The zero-order valence-corrected chi connectivity index (χ0v) is 12.3. The molecule has 2 aliphatic heterocycles. The number of hydrogen-bond acceptors (Lipinski definition) is 4. The summed E-state index contributed by atoms with van der Waals surface area (Å²) >= 11 is 0. The Morgan fingerprint density at radius 1 is 1.48 bits per heavy atom. The fourth-order valence-corrected chi connectivity index (χ4v) is 3.10. The van der Waals surface area contributed by atoms with Crippen LogP contribution in [0.15, 0.2) is 6.07 Å². The Kier molecular flexibility index (Phi) is 4.55. The third-order valence-electron chi connectivity index (χ3n) is 4.40. The first-order valence-electron chi connectivity index (χ1n) is 7.78. The number of aryl methyl sites for hydroxylation is 1. The second kappa shape index (κ2) is 6.58. The van der Waals surface area contributed by atoms with Gasteiger partial charge in [0.05, 0.1) is 24.4 Å². The predicted octanol–water partition coefficient (Wildman–Crippen LogP) is 1.14. The molecule has 1 atom stereocenters. The zero-order chi connectivity index (χ0) is 14.7. The Morgan fingerprint density at radius 3 is 3.14 bits per heavy atom. The lowest BCUT2D eigenvalue weighted by Crippen LogP contribution is -2.35. The topological polar surface area (TPSA) is 67.6 Å². The minimum atomic E-state index is -0.763. The van der Waals surface area contributed by atoms with Gasteiger partial charge in [-0.3, -0.25) is 14.4 Å². The summed E-state index contributed by atoms with van der Waals surface area (Å²) in [6.45, 7) is 5.82. The van der Waals surface area contributed by atoms with Crippen molar-refractivity contribution in [3.8, 4) is 0 Å². The third-order valence-corrected chi connectivity index (χ3v) is 4.40. The van der Waals surface area contributed by atoms with E-state index >= 15 is 0 Å². The molecule has 1 N–H and O–H groups in total. The van der Waals surface area contributed by atoms with Gasteiger partial charge in [0.15, 0.2) is 0 Å². The molecule has 21 heavy (non-hydrogen) atoms. The van der Waals surface area contributed by atoms with Crippen molar-refractivity contribution in [2.45, 2.75) is 38.8 Å². The summed E-state index contributed by atoms with van der Waals surface area (Å²) in [5.74, 6) is -0.0376. The molecule has 116 valence electrons. The van der Waals surface area contributed by atoms with Gasteiger partial charge in [-0.25, -0.2) is 0 Å². The number of nitrogens with zero attached hydrogens (tertiary/aromatic N) is 3. The molecule has 0 aromatic carbocycles. The molecule has 0 amide bonds. The van der Waals surface area contributed by atoms with E-state index in [0.29, 0.717) is 6.42 Å². The highest BCUT2D eigenvalue weighted by Gasteiger charge is 2.21. The second-order valence-electron chi connectivity index (χ2n) is 6.04. The first-order valence-corrected chi connectivity index (χ1v) is 7.78. The highest BCUT2D eigenvalue weighted by molar-refractivity contribution is 5.66. The number of rotatable bonds is 6. The molecular formula is C15H23N3O3. The quantitative estimate of drug-likeness (QED) is 0.852. The van der Waals surface area contributed by atoms with Gasteiger partial charge in [0, 0.05) is 32.7 Å². The lowest BCUT2D eigenvalue weighted by molar-refractivity contribution is -0.136. The molecule has 3 heterocycles. The highest BCUT2D eigenvalue weighted by Crippen LogP contribution is 2.19. The van der Waals surface area contributed by atoms with Gasteiger partial charge < -0.3 is 9.84 Å². The van der Waals surface area contributed by atoms with Crippen LogP contribution in [0.2, 0.25) is 0 Å². The summed E-state index contributed by atoms with van der Waals surface area (Å²) in [5.41, 5.74) is 2.11. The average Bonchev–Trinajstić information content (AvgIpc) is 3.11. The summed E-state index contributed by atoms with van der Waals surface area (Å²) in [7, 11) is 0. The van der Waals surface area contributed by atoms with E-state index in [1.165, 1.54) is 18.5 Å². The van der Waals surface area contributed by atoms with Gasteiger partial charge in [-0.05, 0) is 31.4 Å². The monoisotopic (exact) mass is 293 g/mol. The van der Waals surface area contributed by atoms with Crippen LogP contribution >= 0.6 is 0 Å². The molecule has 0 unspecified atom stereocenters. The lowest BCUT2D eigenvalue weighted by atomic mass is 10.0. The van der Waals surface area contributed by atoms with E-state index in [0.717, 1.165) is 51.0 Å². The summed E-state index contributed by atoms with van der Waals surface area (Å²) < 4.78 is 7.46. The maximum Gasteiger partial charge on any atom is 0.303 e. The Bertz CT molecular complexity index is 494. The smallest absolute Gasteiger partial charge is 0.303 e. The number of carboxylic acids is 1. The van der Waals surface area contributed by atoms with Gasteiger partial charge in [0.2, 0.25) is 0 Å². The van der Waals surface area contributed by atoms with E-state index in [2.05, 4.69) is 16.1 Å². The summed E-state index contributed by atoms with van der Waals surface area (Å²) in [6.07, 6.45) is 3.09. The fraction of sp³-hybridized carbons (Fsp3) is 0.733. The molecule has 0 spiro atoms. The lowest BCUT2D eigenvalue weighted by Gasteiger charge is -2.28. The van der Waals surface area contributed by atoms with E-state index in [1.807, 2.05) is 4.68 Å². The van der Waals surface area contributed by atoms with Gasteiger partial charge in [0.25, 0.3) is 0 Å². The van der Waals surface area contributed by atoms with Crippen LogP contribution in [0.25, 0.3) is 0 Å². The van der Waals surface area contributed by atoms with Crippen LogP contribution in [0, 0.1) is 5.92 Å². The molecule has 1 fully saturated rings. The Morgan fingerprint density at radius 2 is 2.38 bits per heavy atom. The predicted molar refractivity (Wildman–Crippen MR) is 77.0 cm³/mol. The van der Waals surface area contributed by atoms with Crippen molar-refractivity contribution in [1.29, 1.82) is 0 Å². The molecule has 0 radical (unpaired) electrons. The van der Waals surface area contributed by atoms with Crippen LogP contribution in [0.5, 0.6) is 0 Å². The maximum absolute atomic E-state index is 10.6. The molecule has 0 bridgehead atoms. The van der Waals surface area contributed by atoms with Crippen molar-refractivity contribution in [3.05, 3.63) is 17.5 Å². The van der Waals surface area contributed by atoms with Gasteiger partial charge in [0.1, 0.15) is 0 Å². The number of carbonyl (C=O) groups is 1. The van der Waals surface area contributed by atoms with Crippen molar-refractivity contribution in [2.75, 3.05) is 26.3 Å². The van der Waals surface area contributed by atoms with Crippen LogP contribution in [0.1, 0.15) is 30.7 Å². The average molecular weight is 293 g/mol. The van der Waals surface area contributed by atoms with E-state index in [9.17, 15) is 4.79 Å². The molecule has 6 heteroatoms. The standard InChI is InChI=1S/C15H23N3O3/c19-15(20)2-1-13-9-14-10-17(6-7-18(14)16-13)5-3-12-4-8-21-11-12/h9,12H,1-8,10-11H2,(H,19,20)/t12-/m1/s1. The van der Waals surface area contributed by atoms with Crippen LogP contribution in [0.3, 0.4) is 0 Å². The largest absolute Gasteiger partial charge is 0.481 e. The minimum absolute atomic E-state index is 0.155. The molecule has 1 aromatic heterocycles. The van der Waals surface area contributed by atoms with Gasteiger partial charge in [-0.2, -0.15) is 5.10 Å². The van der Waals surface area contributed by atoms with Crippen LogP contribution < -0.4 is 0 Å². The van der Waals surface area contributed by atoms with E-state index in [1.54, 1.807) is 0 Å². The van der Waals surface area contributed by atoms with Gasteiger partial charge in [-0.15, -0.1) is 0 Å². The molecular weight excluding hydrogens is 270 g/mol. The van der Waals surface area contributed by atoms with Crippen molar-refractivity contribution in [2.24, 2.45) is 5.92 Å². The molecule has 3 rings (SSSR count). The first kappa shape index (κ1) is 14.5. The number of ether oxygens (including phenoxy) is 1. The minimum Gasteiger partial charge on any atom is -0.481 e. The SMILES string of the molecule is O=C(O)CCc1cc2n(n1)CCN(CC[C@@H]1CCOC1)C2. The molecule has 0 aliphatic carbocycles. The van der Waals surface area contributed by atoms with Crippen LogP contribution in [0.4, 0.5) is 0 Å². The zero-order valence-electron chi connectivity index (χ0n) is 12.3. The van der Waals surface area contributed by atoms with Gasteiger partial charge in [-0.1, -0.05) is 0 Å². The molecule has 1 aromatic rings. The fourth-order valence-electron chi connectivity index (χ4n) is 3.10. The summed E-state index contributed by atoms with van der Waals surface area (Å²) in [6, 6.07) is 2.06. The van der Waals surface area contributed by atoms with E-state index < -0.39 is 5.97 Å². The number of hydrogen-bond donors (Lipinski definition) is 1. The molecule has 1 saturated heterocycles.